The van der Waals surface area contributed by atoms with Crippen molar-refractivity contribution in [2.75, 3.05) is 6.61 Å². The summed E-state index contributed by atoms with van der Waals surface area (Å²) in [4.78, 5) is 0. The van der Waals surface area contributed by atoms with Crippen LogP contribution in [-0.2, 0) is 0 Å². The molecule has 2 unspecified atom stereocenters. The van der Waals surface area contributed by atoms with E-state index in [4.69, 9.17) is 16.6 Å². The Balaban J connectivity index is 2.39. The Morgan fingerprint density at radius 3 is 2.38 bits per heavy atom. The zero-order valence-electron chi connectivity index (χ0n) is 9.01. The van der Waals surface area contributed by atoms with E-state index in [1.807, 2.05) is 36.4 Å². The number of hydrogen-bond acceptors (Lipinski definition) is 3. The Morgan fingerprint density at radius 2 is 1.69 bits per heavy atom. The zero-order chi connectivity index (χ0) is 11.5. The van der Waals surface area contributed by atoms with Crippen molar-refractivity contribution in [3.63, 3.8) is 0 Å². The lowest BCUT2D eigenvalue weighted by atomic mass is 9.98. The molecule has 2 rings (SSSR count). The molecule has 0 amide bonds. The summed E-state index contributed by atoms with van der Waals surface area (Å²) < 4.78 is 0. The number of hydrogen-bond donors (Lipinski definition) is 3. The predicted molar refractivity (Wildman–Crippen MR) is 65.9 cm³/mol. The van der Waals surface area contributed by atoms with Gasteiger partial charge in [0.15, 0.2) is 0 Å². The maximum absolute atomic E-state index is 8.97. The number of rotatable bonds is 3. The van der Waals surface area contributed by atoms with Crippen LogP contribution in [0.1, 0.15) is 11.6 Å². The average Bonchev–Trinajstić information content (AvgIpc) is 2.36. The molecular formula is C13H16N2O. The van der Waals surface area contributed by atoms with Crippen molar-refractivity contribution in [1.82, 2.24) is 0 Å². The molecule has 0 aliphatic carbocycles. The first-order valence-electron chi connectivity index (χ1n) is 5.33. The van der Waals surface area contributed by atoms with Crippen molar-refractivity contribution < 1.29 is 5.11 Å². The minimum atomic E-state index is -0.416. The molecule has 0 radical (unpaired) electrons. The second kappa shape index (κ2) is 4.61. The Hall–Kier alpha value is -1.42. The van der Waals surface area contributed by atoms with E-state index in [1.165, 1.54) is 5.39 Å². The van der Waals surface area contributed by atoms with Gasteiger partial charge in [0, 0.05) is 12.1 Å². The highest BCUT2D eigenvalue weighted by Crippen LogP contribution is 2.20. The van der Waals surface area contributed by atoms with Crippen molar-refractivity contribution >= 4 is 10.8 Å². The summed E-state index contributed by atoms with van der Waals surface area (Å²) in [6, 6.07) is 13.3. The summed E-state index contributed by atoms with van der Waals surface area (Å²) in [5.41, 5.74) is 12.6. The van der Waals surface area contributed by atoms with E-state index in [-0.39, 0.29) is 12.6 Å². The van der Waals surface area contributed by atoms with Crippen LogP contribution in [0, 0.1) is 0 Å². The molecule has 0 aliphatic heterocycles. The highest BCUT2D eigenvalue weighted by atomic mass is 16.3. The highest BCUT2D eigenvalue weighted by molar-refractivity contribution is 5.83. The molecule has 0 fully saturated rings. The number of aliphatic hydroxyl groups is 1. The number of fused-ring (bicyclic) bond motifs is 1. The molecule has 0 saturated heterocycles. The first-order valence-corrected chi connectivity index (χ1v) is 5.33. The molecule has 0 spiro atoms. The van der Waals surface area contributed by atoms with Gasteiger partial charge in [-0.05, 0) is 22.4 Å². The maximum Gasteiger partial charge on any atom is 0.0601 e. The first-order chi connectivity index (χ1) is 7.72. The fourth-order valence-electron chi connectivity index (χ4n) is 1.78. The lowest BCUT2D eigenvalue weighted by Gasteiger charge is -2.18. The largest absolute Gasteiger partial charge is 0.395 e. The Morgan fingerprint density at radius 1 is 1.00 bits per heavy atom. The SMILES string of the molecule is NC(CO)C(N)c1ccc2ccccc2c1. The van der Waals surface area contributed by atoms with Crippen molar-refractivity contribution in [1.29, 1.82) is 0 Å². The highest BCUT2D eigenvalue weighted by Gasteiger charge is 2.14. The second-order valence-electron chi connectivity index (χ2n) is 3.98. The monoisotopic (exact) mass is 216 g/mol. The molecule has 84 valence electrons. The van der Waals surface area contributed by atoms with Gasteiger partial charge in [-0.2, -0.15) is 0 Å². The lowest BCUT2D eigenvalue weighted by Crippen LogP contribution is -2.37. The van der Waals surface area contributed by atoms with Gasteiger partial charge in [-0.1, -0.05) is 36.4 Å². The van der Waals surface area contributed by atoms with Crippen LogP contribution in [0.4, 0.5) is 0 Å². The molecule has 0 aliphatic rings. The lowest BCUT2D eigenvalue weighted by molar-refractivity contribution is 0.250. The Labute approximate surface area is 94.7 Å². The van der Waals surface area contributed by atoms with Crippen LogP contribution in [-0.4, -0.2) is 17.8 Å². The fourth-order valence-corrected chi connectivity index (χ4v) is 1.78. The quantitative estimate of drug-likeness (QED) is 0.721. The Bertz CT molecular complexity index is 484. The van der Waals surface area contributed by atoms with Crippen LogP contribution in [0.15, 0.2) is 42.5 Å². The summed E-state index contributed by atoms with van der Waals surface area (Å²) in [6.45, 7) is -0.103. The molecule has 0 bridgehead atoms. The minimum absolute atomic E-state index is 0.103. The van der Waals surface area contributed by atoms with Gasteiger partial charge in [0.25, 0.3) is 0 Å². The standard InChI is InChI=1S/C13H16N2O/c14-12(8-16)13(15)11-6-5-9-3-1-2-4-10(9)7-11/h1-7,12-13,16H,8,14-15H2. The normalized spacial score (nSPS) is 14.9. The van der Waals surface area contributed by atoms with Crippen LogP contribution < -0.4 is 11.5 Å². The van der Waals surface area contributed by atoms with E-state index in [1.54, 1.807) is 0 Å². The third-order valence-electron chi connectivity index (χ3n) is 2.83. The summed E-state index contributed by atoms with van der Waals surface area (Å²) in [7, 11) is 0. The van der Waals surface area contributed by atoms with Crippen molar-refractivity contribution in [3.8, 4) is 0 Å². The molecule has 3 heteroatoms. The van der Waals surface area contributed by atoms with E-state index in [2.05, 4.69) is 6.07 Å². The molecular weight excluding hydrogens is 200 g/mol. The van der Waals surface area contributed by atoms with Gasteiger partial charge in [0.1, 0.15) is 0 Å². The van der Waals surface area contributed by atoms with E-state index < -0.39 is 6.04 Å². The second-order valence-corrected chi connectivity index (χ2v) is 3.98. The van der Waals surface area contributed by atoms with Crippen LogP contribution in [0.25, 0.3) is 10.8 Å². The van der Waals surface area contributed by atoms with E-state index >= 15 is 0 Å². The third kappa shape index (κ3) is 2.07. The molecule has 0 saturated carbocycles. The van der Waals surface area contributed by atoms with Gasteiger partial charge >= 0.3 is 0 Å². The predicted octanol–water partition coefficient (Wildman–Crippen LogP) is 1.16. The van der Waals surface area contributed by atoms with E-state index in [0.29, 0.717) is 0 Å². The molecule has 2 aromatic rings. The average molecular weight is 216 g/mol. The fraction of sp³-hybridized carbons (Fsp3) is 0.231. The molecule has 16 heavy (non-hydrogen) atoms. The number of nitrogens with two attached hydrogens (primary N) is 2. The van der Waals surface area contributed by atoms with Crippen molar-refractivity contribution in [2.45, 2.75) is 12.1 Å². The van der Waals surface area contributed by atoms with Crippen LogP contribution in [0.3, 0.4) is 0 Å². The van der Waals surface area contributed by atoms with E-state index in [9.17, 15) is 0 Å². The van der Waals surface area contributed by atoms with Crippen LogP contribution >= 0.6 is 0 Å². The molecule has 0 aromatic heterocycles. The van der Waals surface area contributed by atoms with E-state index in [0.717, 1.165) is 10.9 Å². The molecule has 3 nitrogen and oxygen atoms in total. The number of benzene rings is 2. The Kier molecular flexibility index (Phi) is 3.19. The maximum atomic E-state index is 8.97. The summed E-state index contributed by atoms with van der Waals surface area (Å²) in [5.74, 6) is 0. The van der Waals surface area contributed by atoms with Gasteiger partial charge in [0.05, 0.1) is 6.61 Å². The van der Waals surface area contributed by atoms with Crippen LogP contribution in [0.2, 0.25) is 0 Å². The van der Waals surface area contributed by atoms with Gasteiger partial charge in [-0.15, -0.1) is 0 Å². The topological polar surface area (TPSA) is 72.3 Å². The minimum Gasteiger partial charge on any atom is -0.395 e. The van der Waals surface area contributed by atoms with Gasteiger partial charge in [-0.25, -0.2) is 0 Å². The zero-order valence-corrected chi connectivity index (χ0v) is 9.01. The van der Waals surface area contributed by atoms with Crippen LogP contribution in [0.5, 0.6) is 0 Å². The van der Waals surface area contributed by atoms with Gasteiger partial charge in [-0.3, -0.25) is 0 Å². The van der Waals surface area contributed by atoms with Gasteiger partial charge < -0.3 is 16.6 Å². The molecule has 0 heterocycles. The third-order valence-corrected chi connectivity index (χ3v) is 2.83. The molecule has 2 aromatic carbocycles. The smallest absolute Gasteiger partial charge is 0.0601 e. The summed E-state index contributed by atoms with van der Waals surface area (Å²) in [5, 5.41) is 11.3. The molecule has 5 N–H and O–H groups in total. The van der Waals surface area contributed by atoms with Crippen molar-refractivity contribution in [2.24, 2.45) is 11.5 Å². The number of aliphatic hydroxyl groups excluding tert-OH is 1. The first kappa shape index (κ1) is 11.1. The summed E-state index contributed by atoms with van der Waals surface area (Å²) in [6.07, 6.45) is 0. The molecule has 2 atom stereocenters. The summed E-state index contributed by atoms with van der Waals surface area (Å²) >= 11 is 0. The van der Waals surface area contributed by atoms with Gasteiger partial charge in [0.2, 0.25) is 0 Å². The van der Waals surface area contributed by atoms with Crippen molar-refractivity contribution in [3.05, 3.63) is 48.0 Å².